The average molecular weight is 482 g/mol. The summed E-state index contributed by atoms with van der Waals surface area (Å²) in [5.41, 5.74) is 0.837. The maximum absolute atomic E-state index is 13.4. The van der Waals surface area contributed by atoms with E-state index < -0.39 is 6.04 Å². The Bertz CT molecular complexity index is 974. The zero-order valence-electron chi connectivity index (χ0n) is 20.6. The van der Waals surface area contributed by atoms with Gasteiger partial charge in [0.2, 0.25) is 23.6 Å². The molecule has 3 atom stereocenters. The van der Waals surface area contributed by atoms with E-state index in [0.29, 0.717) is 18.6 Å². The molecule has 1 heterocycles. The zero-order chi connectivity index (χ0) is 24.9. The van der Waals surface area contributed by atoms with Crippen molar-refractivity contribution in [3.8, 4) is 5.75 Å². The molecule has 1 N–H and O–H groups in total. The van der Waals surface area contributed by atoms with Crippen molar-refractivity contribution in [2.75, 3.05) is 13.7 Å². The number of carbonyl (C=O) groups is 4. The number of nitrogens with zero attached hydrogens (tertiary/aromatic N) is 2. The minimum absolute atomic E-state index is 0.0185. The molecule has 1 saturated carbocycles. The predicted octanol–water partition coefficient (Wildman–Crippen LogP) is 2.81. The van der Waals surface area contributed by atoms with Crippen LogP contribution in [0, 0.1) is 11.8 Å². The van der Waals surface area contributed by atoms with Crippen molar-refractivity contribution in [3.63, 3.8) is 0 Å². The van der Waals surface area contributed by atoms with Crippen LogP contribution < -0.4 is 10.1 Å². The molecular formula is C27H35N3O5. The topological polar surface area (TPSA) is 96.0 Å². The third-order valence-corrected chi connectivity index (χ3v) is 7.50. The predicted molar refractivity (Wildman–Crippen MR) is 130 cm³/mol. The van der Waals surface area contributed by atoms with Crippen LogP contribution in [0.3, 0.4) is 0 Å². The third-order valence-electron chi connectivity index (χ3n) is 7.50. The van der Waals surface area contributed by atoms with E-state index in [4.69, 9.17) is 4.74 Å². The molecule has 3 aliphatic rings. The first-order chi connectivity index (χ1) is 16.9. The molecule has 4 rings (SSSR count). The van der Waals surface area contributed by atoms with Crippen molar-refractivity contribution >= 4 is 23.6 Å². The summed E-state index contributed by atoms with van der Waals surface area (Å²) in [7, 11) is 1.58. The molecule has 0 aromatic heterocycles. The Balaban J connectivity index is 1.46. The molecule has 8 nitrogen and oxygen atoms in total. The number of methoxy groups -OCH3 is 1. The van der Waals surface area contributed by atoms with E-state index in [9.17, 15) is 19.2 Å². The highest BCUT2D eigenvalue weighted by Gasteiger charge is 2.47. The minimum Gasteiger partial charge on any atom is -0.497 e. The Morgan fingerprint density at radius 2 is 1.77 bits per heavy atom. The normalized spacial score (nSPS) is 22.7. The van der Waals surface area contributed by atoms with E-state index in [1.54, 1.807) is 18.9 Å². The Morgan fingerprint density at radius 1 is 1.11 bits per heavy atom. The Morgan fingerprint density at radius 3 is 2.40 bits per heavy atom. The van der Waals surface area contributed by atoms with Gasteiger partial charge in [-0.1, -0.05) is 37.1 Å². The van der Waals surface area contributed by atoms with Gasteiger partial charge in [-0.05, 0) is 50.3 Å². The number of amides is 4. The summed E-state index contributed by atoms with van der Waals surface area (Å²) >= 11 is 0. The van der Waals surface area contributed by atoms with Crippen LogP contribution in [0.15, 0.2) is 36.4 Å². The second kappa shape index (κ2) is 11.1. The fraction of sp³-hybridized carbons (Fsp3) is 0.556. The van der Waals surface area contributed by atoms with E-state index in [-0.39, 0.29) is 61.0 Å². The Labute approximate surface area is 206 Å². The van der Waals surface area contributed by atoms with Gasteiger partial charge in [0.1, 0.15) is 11.8 Å². The van der Waals surface area contributed by atoms with Gasteiger partial charge in [0.25, 0.3) is 0 Å². The van der Waals surface area contributed by atoms with E-state index in [1.165, 1.54) is 4.90 Å². The molecule has 4 amide bonds. The van der Waals surface area contributed by atoms with Gasteiger partial charge >= 0.3 is 0 Å². The molecule has 35 heavy (non-hydrogen) atoms. The van der Waals surface area contributed by atoms with Gasteiger partial charge in [-0.25, -0.2) is 0 Å². The standard InChI is InChI=1S/C27H35N3O5/c1-18(25(32)28-20-9-3-4-10-20)30(17-19-8-7-11-21(16-19)35-2)24(31)14-15-29-26(33)22-12-5-6-13-23(22)27(29)34/h5-8,11,16,18,20,22-23H,3-4,9-10,12-15,17H2,1-2H3,(H,28,32)/t18-,22-,23+/m0/s1. The van der Waals surface area contributed by atoms with Crippen molar-refractivity contribution < 1.29 is 23.9 Å². The smallest absolute Gasteiger partial charge is 0.242 e. The number of nitrogens with one attached hydrogen (secondary N) is 1. The lowest BCUT2D eigenvalue weighted by Gasteiger charge is -2.30. The molecule has 1 saturated heterocycles. The highest BCUT2D eigenvalue weighted by molar-refractivity contribution is 6.05. The average Bonchev–Trinajstić information content (AvgIpc) is 3.47. The summed E-state index contributed by atoms with van der Waals surface area (Å²) in [6.07, 6.45) is 9.12. The molecule has 2 fully saturated rings. The van der Waals surface area contributed by atoms with Gasteiger partial charge < -0.3 is 15.0 Å². The fourth-order valence-electron chi connectivity index (χ4n) is 5.38. The summed E-state index contributed by atoms with van der Waals surface area (Å²) in [5, 5.41) is 3.08. The number of rotatable bonds is 9. The minimum atomic E-state index is -0.689. The van der Waals surface area contributed by atoms with Gasteiger partial charge in [0.15, 0.2) is 0 Å². The maximum atomic E-state index is 13.4. The monoisotopic (exact) mass is 481 g/mol. The summed E-state index contributed by atoms with van der Waals surface area (Å²) < 4.78 is 5.31. The molecule has 2 aliphatic carbocycles. The van der Waals surface area contributed by atoms with Gasteiger partial charge in [0, 0.05) is 25.6 Å². The highest BCUT2D eigenvalue weighted by atomic mass is 16.5. The molecular weight excluding hydrogens is 446 g/mol. The number of imide groups is 1. The number of hydrogen-bond acceptors (Lipinski definition) is 5. The van der Waals surface area contributed by atoms with Crippen LogP contribution in [-0.2, 0) is 25.7 Å². The number of hydrogen-bond donors (Lipinski definition) is 1. The van der Waals surface area contributed by atoms with E-state index in [2.05, 4.69) is 5.32 Å². The molecule has 0 radical (unpaired) electrons. The molecule has 8 heteroatoms. The van der Waals surface area contributed by atoms with Crippen LogP contribution in [0.5, 0.6) is 5.75 Å². The Hall–Kier alpha value is -3.16. The van der Waals surface area contributed by atoms with Crippen molar-refractivity contribution in [1.82, 2.24) is 15.1 Å². The number of likely N-dealkylation sites (tertiary alicyclic amines) is 1. The first-order valence-electron chi connectivity index (χ1n) is 12.6. The van der Waals surface area contributed by atoms with Gasteiger partial charge in [-0.15, -0.1) is 0 Å². The number of ether oxygens (including phenoxy) is 1. The third kappa shape index (κ3) is 5.57. The summed E-state index contributed by atoms with van der Waals surface area (Å²) in [6.45, 7) is 2.00. The maximum Gasteiger partial charge on any atom is 0.242 e. The fourth-order valence-corrected chi connectivity index (χ4v) is 5.38. The van der Waals surface area contributed by atoms with Crippen LogP contribution in [-0.4, -0.2) is 59.2 Å². The van der Waals surface area contributed by atoms with Crippen molar-refractivity contribution in [2.45, 2.75) is 70.5 Å². The first kappa shape index (κ1) is 24.9. The Kier molecular flexibility index (Phi) is 7.88. The van der Waals surface area contributed by atoms with E-state index in [0.717, 1.165) is 31.2 Å². The first-order valence-corrected chi connectivity index (χ1v) is 12.6. The second-order valence-corrected chi connectivity index (χ2v) is 9.77. The zero-order valence-corrected chi connectivity index (χ0v) is 20.6. The number of benzene rings is 1. The molecule has 1 aromatic carbocycles. The van der Waals surface area contributed by atoms with E-state index in [1.807, 2.05) is 36.4 Å². The van der Waals surface area contributed by atoms with Crippen LogP contribution in [0.1, 0.15) is 57.4 Å². The van der Waals surface area contributed by atoms with Crippen LogP contribution >= 0.6 is 0 Å². The van der Waals surface area contributed by atoms with Gasteiger partial charge in [0.05, 0.1) is 18.9 Å². The largest absolute Gasteiger partial charge is 0.497 e. The SMILES string of the molecule is COc1cccc(CN(C(=O)CCN2C(=O)[C@H]3CC=CC[C@H]3C2=O)[C@@H](C)C(=O)NC2CCCC2)c1. The lowest BCUT2D eigenvalue weighted by molar-refractivity contribution is -0.144. The van der Waals surface area contributed by atoms with Gasteiger partial charge in [-0.2, -0.15) is 0 Å². The van der Waals surface area contributed by atoms with Crippen molar-refractivity contribution in [3.05, 3.63) is 42.0 Å². The number of fused-ring (bicyclic) bond motifs is 1. The molecule has 188 valence electrons. The second-order valence-electron chi connectivity index (χ2n) is 9.77. The molecule has 0 spiro atoms. The summed E-state index contributed by atoms with van der Waals surface area (Å²) in [6, 6.07) is 6.85. The molecule has 1 aliphatic heterocycles. The summed E-state index contributed by atoms with van der Waals surface area (Å²) in [4.78, 5) is 54.8. The number of carbonyl (C=O) groups excluding carboxylic acids is 4. The quantitative estimate of drug-likeness (QED) is 0.432. The van der Waals surface area contributed by atoms with Crippen LogP contribution in [0.4, 0.5) is 0 Å². The van der Waals surface area contributed by atoms with Crippen LogP contribution in [0.25, 0.3) is 0 Å². The van der Waals surface area contributed by atoms with Crippen LogP contribution in [0.2, 0.25) is 0 Å². The molecule has 1 aromatic rings. The summed E-state index contributed by atoms with van der Waals surface area (Å²) in [5.74, 6) is -0.790. The molecule has 0 unspecified atom stereocenters. The van der Waals surface area contributed by atoms with Crippen molar-refractivity contribution in [2.24, 2.45) is 11.8 Å². The van der Waals surface area contributed by atoms with Gasteiger partial charge in [-0.3, -0.25) is 24.1 Å². The van der Waals surface area contributed by atoms with E-state index >= 15 is 0 Å². The highest BCUT2D eigenvalue weighted by Crippen LogP contribution is 2.35. The molecule has 0 bridgehead atoms. The lowest BCUT2D eigenvalue weighted by Crippen LogP contribution is -2.50. The number of allylic oxidation sites excluding steroid dienone is 2. The lowest BCUT2D eigenvalue weighted by atomic mass is 9.85. The van der Waals surface area contributed by atoms with Crippen molar-refractivity contribution in [1.29, 1.82) is 0 Å².